The highest BCUT2D eigenvalue weighted by Gasteiger charge is 2.63. The average molecular weight is 844 g/mol. The SMILES string of the molecule is CCOC(=O)c1ccc(-n2ccc(OCCC3(C(F)(F)F)CC3)n2)nc1Cl.CCOC(=O)c1ccc(Cl)nc1Cl.FC(F)(F)C1(CCOc2ccn[nH]2)CC1. The molecular formula is C34H35Cl3F6N6O6. The van der Waals surface area contributed by atoms with Crippen LogP contribution >= 0.6 is 34.8 Å². The van der Waals surface area contributed by atoms with E-state index >= 15 is 0 Å². The van der Waals surface area contributed by atoms with Gasteiger partial charge in [0.15, 0.2) is 5.82 Å². The van der Waals surface area contributed by atoms with Crippen molar-refractivity contribution in [3.63, 3.8) is 0 Å². The molecular weight excluding hydrogens is 809 g/mol. The fourth-order valence-corrected chi connectivity index (χ4v) is 5.53. The molecule has 0 atom stereocenters. The lowest BCUT2D eigenvalue weighted by Gasteiger charge is -2.18. The molecule has 0 radical (unpaired) electrons. The van der Waals surface area contributed by atoms with Crippen LogP contribution in [0.3, 0.4) is 0 Å². The molecule has 55 heavy (non-hydrogen) atoms. The zero-order valence-corrected chi connectivity index (χ0v) is 31.5. The van der Waals surface area contributed by atoms with Crippen molar-refractivity contribution in [1.82, 2.24) is 29.9 Å². The summed E-state index contributed by atoms with van der Waals surface area (Å²) in [4.78, 5) is 30.7. The smallest absolute Gasteiger partial charge is 0.394 e. The van der Waals surface area contributed by atoms with Crippen LogP contribution in [0.5, 0.6) is 11.8 Å². The van der Waals surface area contributed by atoms with Gasteiger partial charge in [-0.1, -0.05) is 34.8 Å². The van der Waals surface area contributed by atoms with Gasteiger partial charge in [-0.3, -0.25) is 0 Å². The van der Waals surface area contributed by atoms with Crippen LogP contribution in [-0.2, 0) is 9.47 Å². The molecule has 6 rings (SSSR count). The number of aromatic nitrogens is 6. The van der Waals surface area contributed by atoms with Gasteiger partial charge in [0, 0.05) is 18.3 Å². The van der Waals surface area contributed by atoms with Crippen LogP contribution in [0.25, 0.3) is 5.82 Å². The van der Waals surface area contributed by atoms with Gasteiger partial charge >= 0.3 is 24.3 Å². The zero-order chi connectivity index (χ0) is 40.4. The first-order chi connectivity index (χ1) is 25.9. The quantitative estimate of drug-likeness (QED) is 0.0786. The first-order valence-electron chi connectivity index (χ1n) is 16.7. The molecule has 300 valence electrons. The Morgan fingerprint density at radius 1 is 0.764 bits per heavy atom. The summed E-state index contributed by atoms with van der Waals surface area (Å²) < 4.78 is 97.5. The summed E-state index contributed by atoms with van der Waals surface area (Å²) >= 11 is 17.2. The number of nitrogens with zero attached hydrogens (tertiary/aromatic N) is 5. The summed E-state index contributed by atoms with van der Waals surface area (Å²) in [6.45, 7) is 3.91. The van der Waals surface area contributed by atoms with Crippen LogP contribution in [-0.4, -0.2) is 80.7 Å². The van der Waals surface area contributed by atoms with E-state index in [9.17, 15) is 35.9 Å². The fourth-order valence-electron chi connectivity index (χ4n) is 4.88. The summed E-state index contributed by atoms with van der Waals surface area (Å²) in [5, 5.41) is 10.5. The van der Waals surface area contributed by atoms with Crippen LogP contribution in [0.4, 0.5) is 26.3 Å². The molecule has 4 aromatic heterocycles. The minimum atomic E-state index is -4.20. The van der Waals surface area contributed by atoms with Gasteiger partial charge in [-0.2, -0.15) is 31.4 Å². The van der Waals surface area contributed by atoms with Crippen LogP contribution in [0.1, 0.15) is 73.1 Å². The lowest BCUT2D eigenvalue weighted by Crippen LogP contribution is -2.26. The first kappa shape index (κ1) is 43.4. The Kier molecular flexibility index (Phi) is 14.7. The average Bonchev–Trinajstić information content (AvgIpc) is 3.97. The molecule has 21 heteroatoms. The van der Waals surface area contributed by atoms with Gasteiger partial charge in [-0.05, 0) is 76.6 Å². The number of hydrogen-bond acceptors (Lipinski definition) is 10. The minimum Gasteiger partial charge on any atom is -0.478 e. The molecule has 0 aliphatic heterocycles. The molecule has 2 saturated carbocycles. The number of rotatable bonds is 13. The maximum atomic E-state index is 12.9. The highest BCUT2D eigenvalue weighted by atomic mass is 35.5. The van der Waals surface area contributed by atoms with Gasteiger partial charge in [0.1, 0.15) is 15.5 Å². The molecule has 0 bridgehead atoms. The number of alkyl halides is 6. The van der Waals surface area contributed by atoms with Gasteiger partial charge in [0.25, 0.3) is 0 Å². The zero-order valence-electron chi connectivity index (χ0n) is 29.3. The van der Waals surface area contributed by atoms with E-state index in [-0.39, 0.29) is 90.8 Å². The van der Waals surface area contributed by atoms with Crippen molar-refractivity contribution < 1.29 is 54.9 Å². The van der Waals surface area contributed by atoms with E-state index in [1.54, 1.807) is 19.9 Å². The number of carbonyl (C=O) groups is 2. The molecule has 2 aliphatic rings. The fraction of sp³-hybridized carbons (Fsp3) is 0.471. The molecule has 12 nitrogen and oxygen atoms in total. The lowest BCUT2D eigenvalue weighted by atomic mass is 10.0. The number of pyridine rings is 2. The molecule has 0 spiro atoms. The van der Waals surface area contributed by atoms with Crippen molar-refractivity contribution in [2.45, 2.75) is 64.7 Å². The Morgan fingerprint density at radius 2 is 1.29 bits per heavy atom. The summed E-state index contributed by atoms with van der Waals surface area (Å²) in [7, 11) is 0. The third-order valence-corrected chi connectivity index (χ3v) is 9.28. The second-order valence-corrected chi connectivity index (χ2v) is 13.3. The molecule has 0 amide bonds. The van der Waals surface area contributed by atoms with Crippen molar-refractivity contribution >= 4 is 46.7 Å². The summed E-state index contributed by atoms with van der Waals surface area (Å²) in [5.74, 6) is -0.147. The van der Waals surface area contributed by atoms with Crippen LogP contribution in [0.2, 0.25) is 15.5 Å². The predicted molar refractivity (Wildman–Crippen MR) is 187 cm³/mol. The van der Waals surface area contributed by atoms with E-state index in [4.69, 9.17) is 53.8 Å². The first-order valence-corrected chi connectivity index (χ1v) is 17.8. The van der Waals surface area contributed by atoms with Crippen molar-refractivity contribution in [1.29, 1.82) is 0 Å². The number of halogens is 9. The third kappa shape index (κ3) is 11.9. The third-order valence-electron chi connectivity index (χ3n) is 8.49. The van der Waals surface area contributed by atoms with E-state index < -0.39 is 35.1 Å². The lowest BCUT2D eigenvalue weighted by molar-refractivity contribution is -0.190. The van der Waals surface area contributed by atoms with Crippen LogP contribution in [0.15, 0.2) is 48.8 Å². The predicted octanol–water partition coefficient (Wildman–Crippen LogP) is 9.30. The molecule has 1 N–H and O–H groups in total. The summed E-state index contributed by atoms with van der Waals surface area (Å²) in [5.41, 5.74) is -2.72. The van der Waals surface area contributed by atoms with Gasteiger partial charge in [-0.25, -0.2) is 29.3 Å². The monoisotopic (exact) mass is 842 g/mol. The normalized spacial score (nSPS) is 15.0. The molecule has 4 aromatic rings. The van der Waals surface area contributed by atoms with Gasteiger partial charge in [0.2, 0.25) is 11.8 Å². The molecule has 4 heterocycles. The maximum Gasteiger partial charge on any atom is 0.394 e. The van der Waals surface area contributed by atoms with Crippen LogP contribution in [0, 0.1) is 10.8 Å². The molecule has 2 fully saturated rings. The van der Waals surface area contributed by atoms with Gasteiger partial charge < -0.3 is 18.9 Å². The molecule has 0 aromatic carbocycles. The highest BCUT2D eigenvalue weighted by Crippen LogP contribution is 2.60. The summed E-state index contributed by atoms with van der Waals surface area (Å²) in [6.07, 6.45) is -4.60. The van der Waals surface area contributed by atoms with Crippen LogP contribution < -0.4 is 9.47 Å². The maximum absolute atomic E-state index is 12.9. The van der Waals surface area contributed by atoms with E-state index in [1.807, 2.05) is 0 Å². The second-order valence-electron chi connectivity index (χ2n) is 12.2. The Hall–Kier alpha value is -4.29. The number of hydrogen-bond donors (Lipinski definition) is 1. The Morgan fingerprint density at radius 3 is 1.75 bits per heavy atom. The van der Waals surface area contributed by atoms with Crippen molar-refractivity contribution in [2.75, 3.05) is 26.4 Å². The number of esters is 2. The van der Waals surface area contributed by atoms with Crippen molar-refractivity contribution in [3.05, 3.63) is 75.4 Å². The summed E-state index contributed by atoms with van der Waals surface area (Å²) in [6, 6.07) is 9.05. The van der Waals surface area contributed by atoms with E-state index in [2.05, 4.69) is 25.3 Å². The number of nitrogens with one attached hydrogen (secondary N) is 1. The van der Waals surface area contributed by atoms with Crippen molar-refractivity contribution in [3.8, 4) is 17.6 Å². The molecule has 0 unspecified atom stereocenters. The largest absolute Gasteiger partial charge is 0.478 e. The van der Waals surface area contributed by atoms with Gasteiger partial charge in [0.05, 0.1) is 54.6 Å². The Labute approximate surface area is 325 Å². The van der Waals surface area contributed by atoms with E-state index in [1.165, 1.54) is 47.4 Å². The molecule has 0 saturated heterocycles. The second kappa shape index (κ2) is 18.6. The Balaban J connectivity index is 0.000000202. The van der Waals surface area contributed by atoms with Crippen molar-refractivity contribution in [2.24, 2.45) is 10.8 Å². The minimum absolute atomic E-state index is 0.0233. The number of H-pyrrole nitrogens is 1. The number of ether oxygens (including phenoxy) is 4. The van der Waals surface area contributed by atoms with Gasteiger partial charge in [-0.15, -0.1) is 5.10 Å². The highest BCUT2D eigenvalue weighted by molar-refractivity contribution is 6.34. The van der Waals surface area contributed by atoms with E-state index in [0.29, 0.717) is 18.3 Å². The van der Waals surface area contributed by atoms with E-state index in [0.717, 1.165) is 0 Å². The molecule has 2 aliphatic carbocycles. The Bertz CT molecular complexity index is 1890. The topological polar surface area (TPSA) is 143 Å². The number of carbonyl (C=O) groups excluding carboxylic acids is 2. The standard InChI is InChI=1S/C17H17ClF3N3O3.C9H11F3N2O.C8H7Cl2NO2/c1-2-26-15(25)11-3-4-12(22-14(11)18)24-9-5-13(23-24)27-10-8-16(6-7-16)17(19,20)21;10-9(11,12)8(2-3-8)4-6-15-7-1-5-13-14-7;1-2-13-8(12)5-3-4-6(9)11-7(5)10/h3-5,9H,2,6-8,10H2,1H3;1,5H,2-4,6H2,(H,13,14);3-4H,2H2,1H3. The number of aromatic amines is 1.